The van der Waals surface area contributed by atoms with Crippen LogP contribution in [0.1, 0.15) is 30.6 Å². The number of aliphatic carboxylic acids is 1. The fourth-order valence-electron chi connectivity index (χ4n) is 1.05. The maximum atomic E-state index is 10.3. The van der Waals surface area contributed by atoms with E-state index in [1.54, 1.807) is 11.3 Å². The van der Waals surface area contributed by atoms with Gasteiger partial charge in [0, 0.05) is 11.3 Å². The molecular weight excluding hydrogens is 172 g/mol. The Kier molecular flexibility index (Phi) is 3.29. The van der Waals surface area contributed by atoms with Gasteiger partial charge < -0.3 is 5.11 Å². The van der Waals surface area contributed by atoms with Crippen molar-refractivity contribution in [2.45, 2.75) is 25.7 Å². The molecular formula is C9H12O2S. The normalized spacial score (nSPS) is 12.8. The molecule has 1 unspecified atom stereocenters. The van der Waals surface area contributed by atoms with Crippen LogP contribution < -0.4 is 0 Å². The van der Waals surface area contributed by atoms with E-state index in [9.17, 15) is 4.79 Å². The highest BCUT2D eigenvalue weighted by atomic mass is 32.1. The molecule has 0 radical (unpaired) electrons. The lowest BCUT2D eigenvalue weighted by molar-refractivity contribution is -0.137. The average molecular weight is 184 g/mol. The highest BCUT2D eigenvalue weighted by Gasteiger charge is 2.07. The van der Waals surface area contributed by atoms with Gasteiger partial charge in [-0.15, -0.1) is 11.3 Å². The number of carbonyl (C=O) groups is 1. The quantitative estimate of drug-likeness (QED) is 0.781. The number of thiophene rings is 1. The summed E-state index contributed by atoms with van der Waals surface area (Å²) in [5.74, 6) is -0.334. The maximum absolute atomic E-state index is 10.3. The lowest BCUT2D eigenvalue weighted by atomic mass is 10.0. The Morgan fingerprint density at radius 3 is 3.00 bits per heavy atom. The van der Waals surface area contributed by atoms with Gasteiger partial charge in [0.25, 0.3) is 0 Å². The van der Waals surface area contributed by atoms with Gasteiger partial charge in [-0.05, 0) is 23.8 Å². The first-order chi connectivity index (χ1) is 5.70. The third-order valence-corrected chi connectivity index (χ3v) is 2.92. The van der Waals surface area contributed by atoms with Gasteiger partial charge >= 0.3 is 5.97 Å². The fourth-order valence-corrected chi connectivity index (χ4v) is 1.88. The average Bonchev–Trinajstić information content (AvgIpc) is 2.51. The minimum absolute atomic E-state index is 0.263. The van der Waals surface area contributed by atoms with Crippen LogP contribution in [0.3, 0.4) is 0 Å². The molecule has 1 atom stereocenters. The molecule has 0 saturated heterocycles. The molecule has 1 aromatic heterocycles. The van der Waals surface area contributed by atoms with Crippen LogP contribution in [0.2, 0.25) is 0 Å². The lowest BCUT2D eigenvalue weighted by Crippen LogP contribution is -1.98. The molecule has 3 heteroatoms. The van der Waals surface area contributed by atoms with E-state index in [0.29, 0.717) is 5.92 Å². The van der Waals surface area contributed by atoms with Gasteiger partial charge in [0.1, 0.15) is 0 Å². The van der Waals surface area contributed by atoms with Gasteiger partial charge in [-0.3, -0.25) is 4.79 Å². The van der Waals surface area contributed by atoms with E-state index in [-0.39, 0.29) is 6.42 Å². The summed E-state index contributed by atoms with van der Waals surface area (Å²) in [5, 5.41) is 10.5. The van der Waals surface area contributed by atoms with Crippen LogP contribution in [-0.4, -0.2) is 11.1 Å². The van der Waals surface area contributed by atoms with Crippen molar-refractivity contribution in [3.05, 3.63) is 22.4 Å². The largest absolute Gasteiger partial charge is 0.481 e. The Balaban J connectivity index is 2.39. The standard InChI is InChI=1S/C9H12O2S/c1-7(4-5-9(10)11)8-3-2-6-12-8/h2-3,6-7H,4-5H2,1H3,(H,10,11). The monoisotopic (exact) mass is 184 g/mol. The van der Waals surface area contributed by atoms with Crippen molar-refractivity contribution in [1.82, 2.24) is 0 Å². The van der Waals surface area contributed by atoms with E-state index < -0.39 is 5.97 Å². The van der Waals surface area contributed by atoms with E-state index in [1.807, 2.05) is 11.4 Å². The molecule has 0 amide bonds. The third-order valence-electron chi connectivity index (χ3n) is 1.82. The maximum Gasteiger partial charge on any atom is 0.303 e. The van der Waals surface area contributed by atoms with Crippen LogP contribution in [0.25, 0.3) is 0 Å². The summed E-state index contributed by atoms with van der Waals surface area (Å²) in [6.07, 6.45) is 0.995. The molecule has 1 heterocycles. The summed E-state index contributed by atoms with van der Waals surface area (Å²) in [6.45, 7) is 2.06. The predicted molar refractivity (Wildman–Crippen MR) is 49.6 cm³/mol. The molecule has 0 aliphatic carbocycles. The molecule has 0 bridgehead atoms. The van der Waals surface area contributed by atoms with Crippen LogP contribution in [-0.2, 0) is 4.79 Å². The molecule has 1 N–H and O–H groups in total. The van der Waals surface area contributed by atoms with Crippen LogP contribution >= 0.6 is 11.3 Å². The van der Waals surface area contributed by atoms with Gasteiger partial charge in [-0.1, -0.05) is 13.0 Å². The number of carboxylic acid groups (broad SMARTS) is 1. The van der Waals surface area contributed by atoms with Crippen LogP contribution in [0.15, 0.2) is 17.5 Å². The first-order valence-electron chi connectivity index (χ1n) is 3.95. The Hall–Kier alpha value is -0.830. The second kappa shape index (κ2) is 4.26. The Morgan fingerprint density at radius 1 is 1.75 bits per heavy atom. The number of hydrogen-bond donors (Lipinski definition) is 1. The molecule has 1 rings (SSSR count). The van der Waals surface area contributed by atoms with Gasteiger partial charge in [0.15, 0.2) is 0 Å². The molecule has 0 fully saturated rings. The van der Waals surface area contributed by atoms with Gasteiger partial charge in [-0.2, -0.15) is 0 Å². The first-order valence-corrected chi connectivity index (χ1v) is 4.83. The van der Waals surface area contributed by atoms with Crippen LogP contribution in [0.4, 0.5) is 0 Å². The number of hydrogen-bond acceptors (Lipinski definition) is 2. The minimum atomic E-state index is -0.710. The molecule has 0 aliphatic heterocycles. The predicted octanol–water partition coefficient (Wildman–Crippen LogP) is 2.72. The SMILES string of the molecule is CC(CCC(=O)O)c1cccs1. The van der Waals surface area contributed by atoms with Crippen molar-refractivity contribution in [1.29, 1.82) is 0 Å². The zero-order valence-electron chi connectivity index (χ0n) is 6.99. The van der Waals surface area contributed by atoms with Gasteiger partial charge in [0.2, 0.25) is 0 Å². The highest BCUT2D eigenvalue weighted by Crippen LogP contribution is 2.24. The number of rotatable bonds is 4. The molecule has 1 aromatic rings. The van der Waals surface area contributed by atoms with Crippen LogP contribution in [0, 0.1) is 0 Å². The van der Waals surface area contributed by atoms with Gasteiger partial charge in [0.05, 0.1) is 0 Å². The Labute approximate surface area is 75.9 Å². The highest BCUT2D eigenvalue weighted by molar-refractivity contribution is 7.10. The van der Waals surface area contributed by atoms with E-state index in [2.05, 4.69) is 13.0 Å². The Bertz CT molecular complexity index is 241. The van der Waals surface area contributed by atoms with Crippen LogP contribution in [0.5, 0.6) is 0 Å². The minimum Gasteiger partial charge on any atom is -0.481 e. The zero-order chi connectivity index (χ0) is 8.97. The first kappa shape index (κ1) is 9.26. The lowest BCUT2D eigenvalue weighted by Gasteiger charge is -2.05. The molecule has 0 aromatic carbocycles. The van der Waals surface area contributed by atoms with Crippen molar-refractivity contribution in [3.63, 3.8) is 0 Å². The summed E-state index contributed by atoms with van der Waals surface area (Å²) < 4.78 is 0. The van der Waals surface area contributed by atoms with E-state index >= 15 is 0 Å². The van der Waals surface area contributed by atoms with Crippen molar-refractivity contribution in [2.75, 3.05) is 0 Å². The summed E-state index contributed by atoms with van der Waals surface area (Å²) in [7, 11) is 0. The second-order valence-corrected chi connectivity index (χ2v) is 3.83. The summed E-state index contributed by atoms with van der Waals surface area (Å²) >= 11 is 1.69. The zero-order valence-corrected chi connectivity index (χ0v) is 7.80. The topological polar surface area (TPSA) is 37.3 Å². The third kappa shape index (κ3) is 2.66. The molecule has 2 nitrogen and oxygen atoms in total. The van der Waals surface area contributed by atoms with Crippen molar-refractivity contribution in [3.8, 4) is 0 Å². The second-order valence-electron chi connectivity index (χ2n) is 2.85. The van der Waals surface area contributed by atoms with E-state index in [0.717, 1.165) is 6.42 Å². The summed E-state index contributed by atoms with van der Waals surface area (Å²) in [4.78, 5) is 11.6. The molecule has 0 aliphatic rings. The summed E-state index contributed by atoms with van der Waals surface area (Å²) in [5.41, 5.74) is 0. The number of carboxylic acids is 1. The molecule has 0 saturated carbocycles. The van der Waals surface area contributed by atoms with E-state index in [4.69, 9.17) is 5.11 Å². The molecule has 12 heavy (non-hydrogen) atoms. The summed E-state index contributed by atoms with van der Waals surface area (Å²) in [6, 6.07) is 4.05. The smallest absolute Gasteiger partial charge is 0.303 e. The van der Waals surface area contributed by atoms with Crippen molar-refractivity contribution in [2.24, 2.45) is 0 Å². The fraction of sp³-hybridized carbons (Fsp3) is 0.444. The van der Waals surface area contributed by atoms with Crippen molar-refractivity contribution >= 4 is 17.3 Å². The van der Waals surface area contributed by atoms with Crippen molar-refractivity contribution < 1.29 is 9.90 Å². The van der Waals surface area contributed by atoms with Gasteiger partial charge in [-0.25, -0.2) is 0 Å². The Morgan fingerprint density at radius 2 is 2.50 bits per heavy atom. The molecule has 0 spiro atoms. The molecule has 66 valence electrons. The van der Waals surface area contributed by atoms with E-state index in [1.165, 1.54) is 4.88 Å².